The molecule has 0 aromatic rings. The van der Waals surface area contributed by atoms with Crippen LogP contribution in [-0.4, -0.2) is 5.91 Å². The van der Waals surface area contributed by atoms with E-state index in [2.05, 4.69) is 4.84 Å². The van der Waals surface area contributed by atoms with Gasteiger partial charge in [-0.2, -0.15) is 0 Å². The minimum absolute atomic E-state index is 0.0265. The summed E-state index contributed by atoms with van der Waals surface area (Å²) in [5.74, 6) is 2.77. The molecule has 0 aliphatic heterocycles. The first kappa shape index (κ1) is 9.95. The molecule has 1 N–H and O–H groups in total. The minimum atomic E-state index is 0.0265. The van der Waals surface area contributed by atoms with Gasteiger partial charge < -0.3 is 0 Å². The molecule has 0 unspecified atom stereocenters. The van der Waals surface area contributed by atoms with E-state index in [0.29, 0.717) is 11.8 Å². The molecule has 3 heteroatoms. The molecule has 15 heavy (non-hydrogen) atoms. The molecule has 0 radical (unpaired) electrons. The first-order valence-electron chi connectivity index (χ1n) is 6.09. The van der Waals surface area contributed by atoms with Gasteiger partial charge in [-0.25, -0.2) is 0 Å². The van der Waals surface area contributed by atoms with E-state index in [0.717, 1.165) is 17.8 Å². The Labute approximate surface area is 95.9 Å². The average Bonchev–Trinajstić information content (AvgIpc) is 2.14. The summed E-state index contributed by atoms with van der Waals surface area (Å²) >= 11 is 5.39. The topological polar surface area (TPSA) is 29.1 Å². The lowest BCUT2D eigenvalue weighted by Crippen LogP contribution is -2.47. The van der Waals surface area contributed by atoms with Crippen LogP contribution in [0, 0.1) is 23.2 Å². The van der Waals surface area contributed by atoms with Crippen molar-refractivity contribution in [1.82, 2.24) is 4.84 Å². The smallest absolute Gasteiger partial charge is 0.234 e. The van der Waals surface area contributed by atoms with Crippen molar-refractivity contribution in [3.05, 3.63) is 0 Å². The molecule has 4 aliphatic carbocycles. The van der Waals surface area contributed by atoms with Crippen molar-refractivity contribution >= 4 is 17.7 Å². The van der Waals surface area contributed by atoms with Gasteiger partial charge in [0.25, 0.3) is 0 Å². The fourth-order valence-electron chi connectivity index (χ4n) is 4.88. The standard InChI is InChI=1S/C12H18ClNO/c13-14-11(15)7-12-4-8-1-9(5-12)3-10(2-8)6-12/h8-10H,1-7H2,(H,14,15). The number of rotatable bonds is 2. The maximum Gasteiger partial charge on any atom is 0.234 e. The third kappa shape index (κ3) is 1.67. The first-order chi connectivity index (χ1) is 7.19. The van der Waals surface area contributed by atoms with Crippen LogP contribution >= 0.6 is 11.8 Å². The Morgan fingerprint density at radius 2 is 1.60 bits per heavy atom. The van der Waals surface area contributed by atoms with Crippen molar-refractivity contribution in [2.45, 2.75) is 44.9 Å². The Hall–Kier alpha value is -0.240. The fourth-order valence-corrected chi connectivity index (χ4v) is 4.95. The SMILES string of the molecule is O=C(CC12CC3CC(CC(C3)C1)C2)NCl. The van der Waals surface area contributed by atoms with Gasteiger partial charge >= 0.3 is 0 Å². The molecule has 4 rings (SSSR count). The van der Waals surface area contributed by atoms with Gasteiger partial charge in [0.1, 0.15) is 0 Å². The van der Waals surface area contributed by atoms with Crippen LogP contribution in [0.2, 0.25) is 0 Å². The molecule has 0 aromatic heterocycles. The van der Waals surface area contributed by atoms with E-state index >= 15 is 0 Å². The van der Waals surface area contributed by atoms with Gasteiger partial charge in [-0.3, -0.25) is 9.63 Å². The molecule has 0 spiro atoms. The van der Waals surface area contributed by atoms with Gasteiger partial charge in [0.15, 0.2) is 0 Å². The Balaban J connectivity index is 1.78. The Kier molecular flexibility index (Phi) is 2.24. The van der Waals surface area contributed by atoms with E-state index < -0.39 is 0 Å². The van der Waals surface area contributed by atoms with Crippen molar-refractivity contribution in [2.24, 2.45) is 23.2 Å². The van der Waals surface area contributed by atoms with Gasteiger partial charge in [-0.15, -0.1) is 0 Å². The maximum atomic E-state index is 11.5. The predicted octanol–water partition coefficient (Wildman–Crippen LogP) is 2.86. The molecule has 0 heterocycles. The largest absolute Gasteiger partial charge is 0.274 e. The lowest BCUT2D eigenvalue weighted by molar-refractivity contribution is -0.127. The molecule has 1 amide bonds. The number of halogens is 1. The van der Waals surface area contributed by atoms with Crippen LogP contribution in [0.1, 0.15) is 44.9 Å². The maximum absolute atomic E-state index is 11.5. The Bertz CT molecular complexity index is 254. The lowest BCUT2D eigenvalue weighted by atomic mass is 9.49. The number of hydrogen-bond acceptors (Lipinski definition) is 1. The van der Waals surface area contributed by atoms with Crippen molar-refractivity contribution < 1.29 is 4.79 Å². The molecule has 0 aromatic carbocycles. The van der Waals surface area contributed by atoms with Crippen molar-refractivity contribution in [3.63, 3.8) is 0 Å². The minimum Gasteiger partial charge on any atom is -0.274 e. The number of hydrogen-bond donors (Lipinski definition) is 1. The van der Waals surface area contributed by atoms with Crippen molar-refractivity contribution in [3.8, 4) is 0 Å². The molecule has 0 atom stereocenters. The fraction of sp³-hybridized carbons (Fsp3) is 0.917. The second-order valence-electron chi connectivity index (χ2n) is 6.11. The molecule has 4 aliphatic rings. The molecule has 2 nitrogen and oxygen atoms in total. The van der Waals surface area contributed by atoms with Crippen LogP contribution in [0.3, 0.4) is 0 Å². The number of nitrogens with one attached hydrogen (secondary N) is 1. The normalized spacial score (nSPS) is 46.9. The molecular formula is C12H18ClNO. The molecule has 4 saturated carbocycles. The Morgan fingerprint density at radius 3 is 2.00 bits per heavy atom. The van der Waals surface area contributed by atoms with Crippen molar-refractivity contribution in [2.75, 3.05) is 0 Å². The summed E-state index contributed by atoms with van der Waals surface area (Å²) < 4.78 is 0. The van der Waals surface area contributed by atoms with Gasteiger partial charge in [0.2, 0.25) is 5.91 Å². The zero-order valence-corrected chi connectivity index (χ0v) is 9.72. The highest BCUT2D eigenvalue weighted by Gasteiger charge is 2.51. The highest BCUT2D eigenvalue weighted by molar-refractivity contribution is 6.21. The molecular weight excluding hydrogens is 210 g/mol. The van der Waals surface area contributed by atoms with Crippen LogP contribution in [0.25, 0.3) is 0 Å². The summed E-state index contributed by atoms with van der Waals surface area (Å²) in [6, 6.07) is 0. The number of amides is 1. The zero-order chi connectivity index (χ0) is 10.5. The molecule has 4 fully saturated rings. The molecule has 0 saturated heterocycles. The van der Waals surface area contributed by atoms with E-state index in [1.807, 2.05) is 0 Å². The van der Waals surface area contributed by atoms with Gasteiger partial charge in [0.05, 0.1) is 0 Å². The molecule has 4 bridgehead atoms. The van der Waals surface area contributed by atoms with E-state index in [1.54, 1.807) is 0 Å². The number of carbonyl (C=O) groups excluding carboxylic acids is 1. The highest BCUT2D eigenvalue weighted by Crippen LogP contribution is 2.61. The third-order valence-corrected chi connectivity index (χ3v) is 5.02. The van der Waals surface area contributed by atoms with Gasteiger partial charge in [-0.1, -0.05) is 0 Å². The van der Waals surface area contributed by atoms with Crippen LogP contribution in [0.4, 0.5) is 0 Å². The number of carbonyl (C=O) groups is 1. The monoisotopic (exact) mass is 227 g/mol. The second-order valence-corrected chi connectivity index (χ2v) is 6.30. The summed E-state index contributed by atoms with van der Waals surface area (Å²) in [5, 5.41) is 0. The zero-order valence-electron chi connectivity index (χ0n) is 8.97. The second kappa shape index (κ2) is 3.38. The van der Waals surface area contributed by atoms with E-state index in [-0.39, 0.29) is 5.91 Å². The lowest BCUT2D eigenvalue weighted by Gasteiger charge is -2.56. The van der Waals surface area contributed by atoms with Crippen LogP contribution < -0.4 is 4.84 Å². The average molecular weight is 228 g/mol. The summed E-state index contributed by atoms with van der Waals surface area (Å²) in [7, 11) is 0. The van der Waals surface area contributed by atoms with E-state index in [1.165, 1.54) is 38.5 Å². The van der Waals surface area contributed by atoms with E-state index in [4.69, 9.17) is 11.8 Å². The molecule has 84 valence electrons. The summed E-state index contributed by atoms with van der Waals surface area (Å²) in [6.45, 7) is 0. The third-order valence-electron chi connectivity index (χ3n) is 4.81. The summed E-state index contributed by atoms with van der Waals surface area (Å²) in [6.07, 6.45) is 8.81. The van der Waals surface area contributed by atoms with Crippen LogP contribution in [-0.2, 0) is 4.79 Å². The summed E-state index contributed by atoms with van der Waals surface area (Å²) in [5.41, 5.74) is 0.327. The van der Waals surface area contributed by atoms with Gasteiger partial charge in [0, 0.05) is 18.2 Å². The Morgan fingerprint density at radius 1 is 1.13 bits per heavy atom. The first-order valence-corrected chi connectivity index (χ1v) is 6.46. The summed E-state index contributed by atoms with van der Waals surface area (Å²) in [4.78, 5) is 13.7. The van der Waals surface area contributed by atoms with Crippen LogP contribution in [0.5, 0.6) is 0 Å². The van der Waals surface area contributed by atoms with Crippen molar-refractivity contribution in [1.29, 1.82) is 0 Å². The van der Waals surface area contributed by atoms with E-state index in [9.17, 15) is 4.79 Å². The highest BCUT2D eigenvalue weighted by atomic mass is 35.5. The quantitative estimate of drug-likeness (QED) is 0.723. The van der Waals surface area contributed by atoms with Gasteiger partial charge in [-0.05, 0) is 61.7 Å². The van der Waals surface area contributed by atoms with Crippen LogP contribution in [0.15, 0.2) is 0 Å². The predicted molar refractivity (Wildman–Crippen MR) is 59.2 cm³/mol.